The van der Waals surface area contributed by atoms with E-state index in [1.165, 1.54) is 22.0 Å². The number of aryl methyl sites for hydroxylation is 1. The molecule has 0 saturated carbocycles. The van der Waals surface area contributed by atoms with Crippen LogP contribution in [0.2, 0.25) is 0 Å². The molecule has 3 N–H and O–H groups in total. The lowest BCUT2D eigenvalue weighted by atomic mass is 10.1. The van der Waals surface area contributed by atoms with Crippen molar-refractivity contribution in [3.8, 4) is 0 Å². The Morgan fingerprint density at radius 3 is 2.67 bits per heavy atom. The van der Waals surface area contributed by atoms with Gasteiger partial charge in [0.2, 0.25) is 0 Å². The minimum absolute atomic E-state index is 0. The lowest BCUT2D eigenvalue weighted by Gasteiger charge is -2.19. The fourth-order valence-corrected chi connectivity index (χ4v) is 2.45. The van der Waals surface area contributed by atoms with E-state index in [-0.39, 0.29) is 24.0 Å². The topological polar surface area (TPSA) is 57.4 Å². The maximum Gasteiger partial charge on any atom is 0.191 e. The number of hydrogen-bond donors (Lipinski definition) is 2. The number of rotatable bonds is 5. The Morgan fingerprint density at radius 1 is 1.29 bits per heavy atom. The Labute approximate surface area is 143 Å². The first-order valence-electron chi connectivity index (χ1n) is 7.27. The highest BCUT2D eigenvalue weighted by atomic mass is 127. The standard InChI is InChI=1S/C16H24N4.HI/c1-4-20(5-2)16(17)18-9-8-13-11-19-15-10-12(3)6-7-14(13)15;/h6-7,10-11,19H,4-5,8-9H2,1-3H3,(H2,17,18);1H. The van der Waals surface area contributed by atoms with E-state index < -0.39 is 0 Å². The molecule has 1 aromatic carbocycles. The first kappa shape index (κ1) is 17.8. The Hall–Kier alpha value is -1.24. The van der Waals surface area contributed by atoms with Gasteiger partial charge in [0, 0.05) is 36.7 Å². The molecule has 0 saturated heterocycles. The first-order valence-corrected chi connectivity index (χ1v) is 7.27. The van der Waals surface area contributed by atoms with Gasteiger partial charge in [0.1, 0.15) is 0 Å². The second-order valence-electron chi connectivity index (χ2n) is 5.03. The summed E-state index contributed by atoms with van der Waals surface area (Å²) in [6.45, 7) is 8.82. The molecule has 0 fully saturated rings. The van der Waals surface area contributed by atoms with Crippen molar-refractivity contribution in [1.82, 2.24) is 9.88 Å². The quantitative estimate of drug-likeness (QED) is 0.460. The number of halogens is 1. The van der Waals surface area contributed by atoms with E-state index in [0.29, 0.717) is 5.96 Å². The van der Waals surface area contributed by atoms with Crippen molar-refractivity contribution in [2.45, 2.75) is 27.2 Å². The minimum Gasteiger partial charge on any atom is -0.370 e. The van der Waals surface area contributed by atoms with Gasteiger partial charge in [-0.05, 0) is 44.4 Å². The summed E-state index contributed by atoms with van der Waals surface area (Å²) in [6.07, 6.45) is 2.98. The van der Waals surface area contributed by atoms with Gasteiger partial charge in [-0.3, -0.25) is 4.99 Å². The third-order valence-electron chi connectivity index (χ3n) is 3.67. The van der Waals surface area contributed by atoms with Gasteiger partial charge in [-0.1, -0.05) is 12.1 Å². The number of aromatic nitrogens is 1. The van der Waals surface area contributed by atoms with Crippen LogP contribution in [-0.4, -0.2) is 35.5 Å². The third kappa shape index (κ3) is 4.36. The zero-order valence-electron chi connectivity index (χ0n) is 13.0. The SMILES string of the molecule is CCN(CC)C(N)=NCCc1c[nH]c2cc(C)ccc12.I. The van der Waals surface area contributed by atoms with Crippen molar-refractivity contribution >= 4 is 40.8 Å². The summed E-state index contributed by atoms with van der Waals surface area (Å²) < 4.78 is 0. The predicted octanol–water partition coefficient (Wildman–Crippen LogP) is 3.29. The lowest BCUT2D eigenvalue weighted by Crippen LogP contribution is -2.37. The zero-order valence-corrected chi connectivity index (χ0v) is 15.3. The summed E-state index contributed by atoms with van der Waals surface area (Å²) in [7, 11) is 0. The van der Waals surface area contributed by atoms with E-state index in [4.69, 9.17) is 5.73 Å². The average Bonchev–Trinajstić information content (AvgIpc) is 2.82. The van der Waals surface area contributed by atoms with Crippen LogP contribution >= 0.6 is 24.0 Å². The van der Waals surface area contributed by atoms with Crippen LogP contribution in [0.3, 0.4) is 0 Å². The molecular weight excluding hydrogens is 375 g/mol. The second-order valence-corrected chi connectivity index (χ2v) is 5.03. The summed E-state index contributed by atoms with van der Waals surface area (Å²) in [5.74, 6) is 0.644. The molecule has 0 spiro atoms. The largest absolute Gasteiger partial charge is 0.370 e. The van der Waals surface area contributed by atoms with Gasteiger partial charge in [-0.15, -0.1) is 24.0 Å². The first-order chi connectivity index (χ1) is 9.65. The van der Waals surface area contributed by atoms with Crippen LogP contribution in [0.4, 0.5) is 0 Å². The monoisotopic (exact) mass is 400 g/mol. The van der Waals surface area contributed by atoms with E-state index in [9.17, 15) is 0 Å². The summed E-state index contributed by atoms with van der Waals surface area (Å²) in [4.78, 5) is 9.86. The van der Waals surface area contributed by atoms with Crippen molar-refractivity contribution in [3.63, 3.8) is 0 Å². The number of aromatic amines is 1. The van der Waals surface area contributed by atoms with Crippen LogP contribution in [0.25, 0.3) is 10.9 Å². The van der Waals surface area contributed by atoms with Crippen LogP contribution in [0.15, 0.2) is 29.4 Å². The minimum atomic E-state index is 0. The molecule has 0 amide bonds. The smallest absolute Gasteiger partial charge is 0.191 e. The number of guanidine groups is 1. The maximum absolute atomic E-state index is 5.98. The summed E-state index contributed by atoms with van der Waals surface area (Å²) in [5, 5.41) is 1.28. The molecule has 2 rings (SSSR count). The fraction of sp³-hybridized carbons (Fsp3) is 0.438. The van der Waals surface area contributed by atoms with Crippen molar-refractivity contribution < 1.29 is 0 Å². The highest BCUT2D eigenvalue weighted by molar-refractivity contribution is 14.0. The Bertz CT molecular complexity index is 599. The summed E-state index contributed by atoms with van der Waals surface area (Å²) in [6, 6.07) is 6.49. The molecule has 1 heterocycles. The van der Waals surface area contributed by atoms with Crippen LogP contribution in [0.5, 0.6) is 0 Å². The Morgan fingerprint density at radius 2 is 2.00 bits per heavy atom. The Balaban J connectivity index is 0.00000220. The fourth-order valence-electron chi connectivity index (χ4n) is 2.45. The summed E-state index contributed by atoms with van der Waals surface area (Å²) >= 11 is 0. The van der Waals surface area contributed by atoms with Crippen LogP contribution in [-0.2, 0) is 6.42 Å². The van der Waals surface area contributed by atoms with Crippen LogP contribution < -0.4 is 5.73 Å². The number of hydrogen-bond acceptors (Lipinski definition) is 1. The maximum atomic E-state index is 5.98. The second kappa shape index (κ2) is 8.26. The number of aliphatic imine (C=N–C) groups is 1. The van der Waals surface area contributed by atoms with Crippen molar-refractivity contribution in [2.24, 2.45) is 10.7 Å². The van der Waals surface area contributed by atoms with Crippen molar-refractivity contribution in [3.05, 3.63) is 35.5 Å². The highest BCUT2D eigenvalue weighted by Gasteiger charge is 2.04. The molecule has 1 aromatic heterocycles. The molecule has 21 heavy (non-hydrogen) atoms. The number of benzene rings is 1. The lowest BCUT2D eigenvalue weighted by molar-refractivity contribution is 0.458. The van der Waals surface area contributed by atoms with E-state index in [1.807, 2.05) is 0 Å². The van der Waals surface area contributed by atoms with E-state index >= 15 is 0 Å². The molecule has 0 aliphatic rings. The molecule has 116 valence electrons. The number of nitrogens with zero attached hydrogens (tertiary/aromatic N) is 2. The average molecular weight is 400 g/mol. The third-order valence-corrected chi connectivity index (χ3v) is 3.67. The molecule has 5 heteroatoms. The highest BCUT2D eigenvalue weighted by Crippen LogP contribution is 2.19. The molecule has 0 bridgehead atoms. The molecule has 0 aliphatic carbocycles. The number of nitrogens with two attached hydrogens (primary N) is 1. The van der Waals surface area contributed by atoms with Gasteiger partial charge < -0.3 is 15.6 Å². The van der Waals surface area contributed by atoms with E-state index in [0.717, 1.165) is 26.1 Å². The molecule has 2 aromatic rings. The van der Waals surface area contributed by atoms with Gasteiger partial charge in [-0.25, -0.2) is 0 Å². The van der Waals surface area contributed by atoms with Crippen molar-refractivity contribution in [2.75, 3.05) is 19.6 Å². The van der Waals surface area contributed by atoms with Gasteiger partial charge in [0.15, 0.2) is 5.96 Å². The normalized spacial score (nSPS) is 11.5. The number of fused-ring (bicyclic) bond motifs is 1. The van der Waals surface area contributed by atoms with Crippen LogP contribution in [0, 0.1) is 6.92 Å². The van der Waals surface area contributed by atoms with Gasteiger partial charge in [0.25, 0.3) is 0 Å². The van der Waals surface area contributed by atoms with Gasteiger partial charge >= 0.3 is 0 Å². The molecule has 0 radical (unpaired) electrons. The molecular formula is C16H25IN4. The molecule has 0 unspecified atom stereocenters. The number of H-pyrrole nitrogens is 1. The molecule has 0 aliphatic heterocycles. The predicted molar refractivity (Wildman–Crippen MR) is 102 cm³/mol. The van der Waals surface area contributed by atoms with Crippen LogP contribution in [0.1, 0.15) is 25.0 Å². The molecule has 4 nitrogen and oxygen atoms in total. The van der Waals surface area contributed by atoms with Gasteiger partial charge in [-0.2, -0.15) is 0 Å². The van der Waals surface area contributed by atoms with Crippen molar-refractivity contribution in [1.29, 1.82) is 0 Å². The zero-order chi connectivity index (χ0) is 14.5. The summed E-state index contributed by atoms with van der Waals surface area (Å²) in [5.41, 5.74) is 9.75. The van der Waals surface area contributed by atoms with Gasteiger partial charge in [0.05, 0.1) is 0 Å². The van der Waals surface area contributed by atoms with E-state index in [1.54, 1.807) is 0 Å². The van der Waals surface area contributed by atoms with E-state index in [2.05, 4.69) is 60.0 Å². The molecule has 0 atom stereocenters. The Kier molecular flexibility index (Phi) is 7.01. The number of nitrogens with one attached hydrogen (secondary N) is 1.